The minimum atomic E-state index is -0.472. The molecule has 0 saturated heterocycles. The Hall–Kier alpha value is -2.17. The number of aromatic nitrogens is 2. The van der Waals surface area contributed by atoms with Crippen molar-refractivity contribution in [2.24, 2.45) is 0 Å². The van der Waals surface area contributed by atoms with Gasteiger partial charge in [0.05, 0.1) is 13.3 Å². The molecule has 0 aromatic carbocycles. The third kappa shape index (κ3) is 2.25. The van der Waals surface area contributed by atoms with E-state index < -0.39 is 5.82 Å². The maximum Gasteiger partial charge on any atom is 0.168 e. The van der Waals surface area contributed by atoms with Gasteiger partial charge in [0.2, 0.25) is 0 Å². The Labute approximate surface area is 105 Å². The van der Waals surface area contributed by atoms with Crippen LogP contribution in [-0.4, -0.2) is 17.1 Å². The maximum atomic E-state index is 13.8. The quantitative estimate of drug-likeness (QED) is 0.902. The van der Waals surface area contributed by atoms with Crippen LogP contribution in [0.4, 0.5) is 10.2 Å². The van der Waals surface area contributed by atoms with Crippen molar-refractivity contribution in [1.29, 1.82) is 0 Å². The lowest BCUT2D eigenvalue weighted by molar-refractivity contribution is 0.409. The summed E-state index contributed by atoms with van der Waals surface area (Å²) >= 11 is 0. The highest BCUT2D eigenvalue weighted by Crippen LogP contribution is 2.23. The molecule has 18 heavy (non-hydrogen) atoms. The summed E-state index contributed by atoms with van der Waals surface area (Å²) in [6, 6.07) is 1.62. The molecule has 0 saturated carbocycles. The number of halogens is 1. The topological polar surface area (TPSA) is 61.0 Å². The van der Waals surface area contributed by atoms with E-state index in [2.05, 4.69) is 9.97 Å². The van der Waals surface area contributed by atoms with Crippen LogP contribution in [0.1, 0.15) is 16.7 Å². The second-order valence-corrected chi connectivity index (χ2v) is 3.97. The van der Waals surface area contributed by atoms with Crippen molar-refractivity contribution in [2.45, 2.75) is 13.3 Å². The smallest absolute Gasteiger partial charge is 0.168 e. The van der Waals surface area contributed by atoms with E-state index in [-0.39, 0.29) is 5.82 Å². The van der Waals surface area contributed by atoms with E-state index >= 15 is 0 Å². The van der Waals surface area contributed by atoms with Crippen molar-refractivity contribution < 1.29 is 9.13 Å². The van der Waals surface area contributed by atoms with E-state index in [0.717, 1.165) is 11.1 Å². The first-order chi connectivity index (χ1) is 8.63. The van der Waals surface area contributed by atoms with Gasteiger partial charge in [0.1, 0.15) is 5.75 Å². The van der Waals surface area contributed by atoms with Crippen LogP contribution in [0.2, 0.25) is 0 Å². The van der Waals surface area contributed by atoms with E-state index in [0.29, 0.717) is 17.7 Å². The van der Waals surface area contributed by atoms with Crippen molar-refractivity contribution in [1.82, 2.24) is 9.97 Å². The molecular weight excluding hydrogens is 233 g/mol. The number of anilines is 1. The Morgan fingerprint density at radius 2 is 2.11 bits per heavy atom. The molecule has 0 fully saturated rings. The Kier molecular flexibility index (Phi) is 3.41. The zero-order valence-electron chi connectivity index (χ0n) is 10.3. The SMILES string of the molecule is COc1cncc(Cc2ccnc(N)c2F)c1C. The molecule has 94 valence electrons. The molecule has 2 N–H and O–H groups in total. The lowest BCUT2D eigenvalue weighted by Gasteiger charge is -2.10. The van der Waals surface area contributed by atoms with Gasteiger partial charge in [-0.15, -0.1) is 0 Å². The largest absolute Gasteiger partial charge is 0.495 e. The van der Waals surface area contributed by atoms with Crippen LogP contribution in [0.3, 0.4) is 0 Å². The fourth-order valence-electron chi connectivity index (χ4n) is 1.77. The van der Waals surface area contributed by atoms with Crippen LogP contribution in [0.25, 0.3) is 0 Å². The Bertz CT molecular complexity index is 572. The lowest BCUT2D eigenvalue weighted by atomic mass is 10.0. The standard InChI is InChI=1S/C13H14FN3O/c1-8-10(6-16-7-11(8)18-2)5-9-3-4-17-13(15)12(9)14/h3-4,6-7H,5H2,1-2H3,(H2,15,17). The monoisotopic (exact) mass is 247 g/mol. The molecule has 0 unspecified atom stereocenters. The van der Waals surface area contributed by atoms with Gasteiger partial charge >= 0.3 is 0 Å². The molecular formula is C13H14FN3O. The molecule has 0 amide bonds. The fraction of sp³-hybridized carbons (Fsp3) is 0.231. The molecule has 0 aliphatic rings. The van der Waals surface area contributed by atoms with Crippen molar-refractivity contribution in [2.75, 3.05) is 12.8 Å². The molecule has 0 radical (unpaired) electrons. The molecule has 0 bridgehead atoms. The molecule has 2 heterocycles. The number of hydrogen-bond acceptors (Lipinski definition) is 4. The van der Waals surface area contributed by atoms with Gasteiger partial charge in [0, 0.05) is 18.8 Å². The number of rotatable bonds is 3. The Morgan fingerprint density at radius 1 is 1.33 bits per heavy atom. The number of pyridine rings is 2. The average molecular weight is 247 g/mol. The van der Waals surface area contributed by atoms with Gasteiger partial charge in [-0.25, -0.2) is 9.37 Å². The normalized spacial score (nSPS) is 10.4. The predicted molar refractivity (Wildman–Crippen MR) is 66.9 cm³/mol. The fourth-order valence-corrected chi connectivity index (χ4v) is 1.77. The Morgan fingerprint density at radius 3 is 2.83 bits per heavy atom. The van der Waals surface area contributed by atoms with Crippen LogP contribution in [0.15, 0.2) is 24.7 Å². The first-order valence-corrected chi connectivity index (χ1v) is 5.49. The van der Waals surface area contributed by atoms with E-state index in [1.165, 1.54) is 6.20 Å². The lowest BCUT2D eigenvalue weighted by Crippen LogP contribution is -2.02. The van der Waals surface area contributed by atoms with Crippen LogP contribution in [0.5, 0.6) is 5.75 Å². The number of nitrogens with two attached hydrogens (primary N) is 1. The van der Waals surface area contributed by atoms with Gasteiger partial charge in [-0.05, 0) is 29.7 Å². The maximum absolute atomic E-state index is 13.8. The summed E-state index contributed by atoms with van der Waals surface area (Å²) in [5, 5.41) is 0. The van der Waals surface area contributed by atoms with Gasteiger partial charge in [0.15, 0.2) is 11.6 Å². The first kappa shape index (κ1) is 12.3. The van der Waals surface area contributed by atoms with Crippen molar-refractivity contribution in [3.05, 3.63) is 47.2 Å². The number of hydrogen-bond donors (Lipinski definition) is 1. The van der Waals surface area contributed by atoms with Gasteiger partial charge in [-0.1, -0.05) is 0 Å². The summed E-state index contributed by atoms with van der Waals surface area (Å²) in [7, 11) is 1.58. The molecule has 2 rings (SSSR count). The van der Waals surface area contributed by atoms with Crippen molar-refractivity contribution in [3.63, 3.8) is 0 Å². The highest BCUT2D eigenvalue weighted by Gasteiger charge is 2.11. The third-order valence-corrected chi connectivity index (χ3v) is 2.87. The number of methoxy groups -OCH3 is 1. The predicted octanol–water partition coefficient (Wildman–Crippen LogP) is 2.11. The molecule has 2 aromatic heterocycles. The second kappa shape index (κ2) is 5.00. The van der Waals surface area contributed by atoms with Crippen LogP contribution in [0, 0.1) is 12.7 Å². The summed E-state index contributed by atoms with van der Waals surface area (Å²) in [6.07, 6.45) is 5.25. The molecule has 4 nitrogen and oxygen atoms in total. The number of nitrogens with zero attached hydrogens (tertiary/aromatic N) is 2. The Balaban J connectivity index is 2.37. The summed E-state index contributed by atoms with van der Waals surface area (Å²) < 4.78 is 18.9. The van der Waals surface area contributed by atoms with Crippen molar-refractivity contribution >= 4 is 5.82 Å². The zero-order chi connectivity index (χ0) is 13.1. The van der Waals surface area contributed by atoms with Crippen LogP contribution in [-0.2, 0) is 6.42 Å². The molecule has 0 atom stereocenters. The second-order valence-electron chi connectivity index (χ2n) is 3.97. The minimum Gasteiger partial charge on any atom is -0.495 e. The van der Waals surface area contributed by atoms with Crippen molar-refractivity contribution in [3.8, 4) is 5.75 Å². The average Bonchev–Trinajstić information content (AvgIpc) is 2.37. The molecule has 0 spiro atoms. The number of ether oxygens (including phenoxy) is 1. The van der Waals surface area contributed by atoms with E-state index in [1.54, 1.807) is 25.6 Å². The summed E-state index contributed by atoms with van der Waals surface area (Å²) in [5.74, 6) is 0.135. The van der Waals surface area contributed by atoms with Crippen LogP contribution >= 0.6 is 0 Å². The molecule has 2 aromatic rings. The minimum absolute atomic E-state index is 0.0824. The summed E-state index contributed by atoms with van der Waals surface area (Å²) in [6.45, 7) is 1.91. The highest BCUT2D eigenvalue weighted by molar-refractivity contribution is 5.41. The van der Waals surface area contributed by atoms with Gasteiger partial charge < -0.3 is 10.5 Å². The highest BCUT2D eigenvalue weighted by atomic mass is 19.1. The first-order valence-electron chi connectivity index (χ1n) is 5.49. The van der Waals surface area contributed by atoms with Gasteiger partial charge in [-0.3, -0.25) is 4.98 Å². The number of nitrogen functional groups attached to an aromatic ring is 1. The zero-order valence-corrected chi connectivity index (χ0v) is 10.3. The molecule has 0 aliphatic carbocycles. The molecule has 5 heteroatoms. The van der Waals surface area contributed by atoms with E-state index in [1.807, 2.05) is 6.92 Å². The molecule has 0 aliphatic heterocycles. The summed E-state index contributed by atoms with van der Waals surface area (Å²) in [5.41, 5.74) is 7.79. The van der Waals surface area contributed by atoms with Gasteiger partial charge in [-0.2, -0.15) is 0 Å². The van der Waals surface area contributed by atoms with E-state index in [4.69, 9.17) is 10.5 Å². The van der Waals surface area contributed by atoms with Gasteiger partial charge in [0.25, 0.3) is 0 Å². The van der Waals surface area contributed by atoms with Crippen LogP contribution < -0.4 is 10.5 Å². The van der Waals surface area contributed by atoms with E-state index in [9.17, 15) is 4.39 Å². The summed E-state index contributed by atoms with van der Waals surface area (Å²) in [4.78, 5) is 7.77. The third-order valence-electron chi connectivity index (χ3n) is 2.87.